The Hall–Kier alpha value is -0.300. The van der Waals surface area contributed by atoms with Gasteiger partial charge in [-0.25, -0.2) is 8.42 Å². The topological polar surface area (TPSA) is 54.4 Å². The van der Waals surface area contributed by atoms with E-state index in [-0.39, 0.29) is 19.3 Å². The largest absolute Gasteiger partial charge is 0.389 e. The van der Waals surface area contributed by atoms with Crippen LogP contribution in [0, 0.1) is 0 Å². The molecule has 0 aromatic carbocycles. The Morgan fingerprint density at radius 1 is 1.41 bits per heavy atom. The molecule has 0 saturated heterocycles. The molecule has 102 valence electrons. The molecule has 1 aliphatic rings. The highest BCUT2D eigenvalue weighted by atomic mass is 32.2. The van der Waals surface area contributed by atoms with Gasteiger partial charge >= 0.3 is 6.18 Å². The summed E-state index contributed by atoms with van der Waals surface area (Å²) in [7, 11) is -3.41. The maximum absolute atomic E-state index is 12.0. The first-order chi connectivity index (χ1) is 7.55. The molecule has 1 N–H and O–H groups in total. The van der Waals surface area contributed by atoms with Crippen LogP contribution < -0.4 is 0 Å². The number of halogens is 3. The quantitative estimate of drug-likeness (QED) is 0.853. The molecule has 1 rings (SSSR count). The molecular formula is C10H17F3O3S. The Balaban J connectivity index is 2.62. The predicted molar refractivity (Wildman–Crippen MR) is 57.3 cm³/mol. The van der Waals surface area contributed by atoms with Gasteiger partial charge in [-0.15, -0.1) is 0 Å². The van der Waals surface area contributed by atoms with Crippen molar-refractivity contribution >= 4 is 9.84 Å². The molecule has 2 unspecified atom stereocenters. The molecule has 1 saturated carbocycles. The normalized spacial score (nSPS) is 30.8. The molecule has 0 aliphatic heterocycles. The lowest BCUT2D eigenvalue weighted by molar-refractivity contribution is -0.137. The lowest BCUT2D eigenvalue weighted by atomic mass is 9.94. The summed E-state index contributed by atoms with van der Waals surface area (Å²) < 4.78 is 58.8. The zero-order valence-electron chi connectivity index (χ0n) is 9.63. The second-order valence-corrected chi connectivity index (χ2v) is 7.01. The van der Waals surface area contributed by atoms with Gasteiger partial charge in [0.05, 0.1) is 10.9 Å². The van der Waals surface area contributed by atoms with Crippen molar-refractivity contribution in [1.29, 1.82) is 0 Å². The fourth-order valence-electron chi connectivity index (χ4n) is 2.52. The summed E-state index contributed by atoms with van der Waals surface area (Å²) in [5.41, 5.74) is -1.47. The summed E-state index contributed by atoms with van der Waals surface area (Å²) in [4.78, 5) is 0. The van der Waals surface area contributed by atoms with E-state index in [1.807, 2.05) is 0 Å². The minimum Gasteiger partial charge on any atom is -0.389 e. The smallest absolute Gasteiger partial charge is 0.389 e. The van der Waals surface area contributed by atoms with Crippen molar-refractivity contribution in [3.8, 4) is 0 Å². The van der Waals surface area contributed by atoms with Crippen LogP contribution >= 0.6 is 0 Å². The van der Waals surface area contributed by atoms with Gasteiger partial charge < -0.3 is 5.11 Å². The second-order valence-electron chi connectivity index (χ2n) is 4.78. The van der Waals surface area contributed by atoms with E-state index in [1.165, 1.54) is 0 Å². The number of rotatable bonds is 4. The maximum Gasteiger partial charge on any atom is 0.389 e. The zero-order valence-corrected chi connectivity index (χ0v) is 10.4. The third-order valence-corrected chi connectivity index (χ3v) is 4.97. The average molecular weight is 274 g/mol. The van der Waals surface area contributed by atoms with Crippen LogP contribution in [-0.2, 0) is 9.84 Å². The second kappa shape index (κ2) is 4.76. The minimum absolute atomic E-state index is 0.107. The van der Waals surface area contributed by atoms with Gasteiger partial charge in [0.1, 0.15) is 0 Å². The molecular weight excluding hydrogens is 257 g/mol. The van der Waals surface area contributed by atoms with E-state index in [0.29, 0.717) is 12.8 Å². The molecule has 0 aromatic heterocycles. The first-order valence-electron chi connectivity index (χ1n) is 5.53. The van der Waals surface area contributed by atoms with Gasteiger partial charge in [0, 0.05) is 12.7 Å². The lowest BCUT2D eigenvalue weighted by Gasteiger charge is -2.29. The van der Waals surface area contributed by atoms with Crippen molar-refractivity contribution in [2.24, 2.45) is 0 Å². The molecule has 7 heteroatoms. The highest BCUT2D eigenvalue weighted by Gasteiger charge is 2.46. The molecule has 1 aliphatic carbocycles. The standard InChI is InChI=1S/C10H17F3O3S/c1-17(15,16)8-4-2-5-9(8,14)6-3-7-10(11,12)13/h8,14H,2-7H2,1H3. The van der Waals surface area contributed by atoms with Crippen molar-refractivity contribution < 1.29 is 26.7 Å². The van der Waals surface area contributed by atoms with Crippen molar-refractivity contribution in [2.45, 2.75) is 55.6 Å². The van der Waals surface area contributed by atoms with Crippen LogP contribution in [0.25, 0.3) is 0 Å². The summed E-state index contributed by atoms with van der Waals surface area (Å²) in [6, 6.07) is 0. The van der Waals surface area contributed by atoms with Crippen molar-refractivity contribution in [1.82, 2.24) is 0 Å². The minimum atomic E-state index is -4.25. The van der Waals surface area contributed by atoms with Crippen molar-refractivity contribution in [2.75, 3.05) is 6.26 Å². The third kappa shape index (κ3) is 4.13. The van der Waals surface area contributed by atoms with Crippen LogP contribution in [0.3, 0.4) is 0 Å². The Bertz CT molecular complexity index is 363. The molecule has 0 amide bonds. The van der Waals surface area contributed by atoms with E-state index in [1.54, 1.807) is 0 Å². The van der Waals surface area contributed by atoms with Crippen LogP contribution in [0.2, 0.25) is 0 Å². The number of hydrogen-bond acceptors (Lipinski definition) is 3. The summed E-state index contributed by atoms with van der Waals surface area (Å²) in [5, 5.41) is 9.22. The molecule has 0 spiro atoms. The number of aliphatic hydroxyl groups is 1. The van der Waals surface area contributed by atoms with Gasteiger partial charge in [0.25, 0.3) is 0 Å². The molecule has 1 fully saturated rings. The first kappa shape index (κ1) is 14.8. The number of sulfone groups is 1. The Morgan fingerprint density at radius 2 is 2.00 bits per heavy atom. The van der Waals surface area contributed by atoms with Crippen LogP contribution in [0.1, 0.15) is 38.5 Å². The van der Waals surface area contributed by atoms with Gasteiger partial charge in [-0.2, -0.15) is 13.2 Å². The van der Waals surface area contributed by atoms with Crippen molar-refractivity contribution in [3.05, 3.63) is 0 Å². The van der Waals surface area contributed by atoms with Gasteiger partial charge in [0.2, 0.25) is 0 Å². The summed E-state index contributed by atoms with van der Waals surface area (Å²) in [5.74, 6) is 0. The van der Waals surface area contributed by atoms with Crippen molar-refractivity contribution in [3.63, 3.8) is 0 Å². The van der Waals surface area contributed by atoms with Gasteiger partial charge in [-0.05, 0) is 32.1 Å². The van der Waals surface area contributed by atoms with Crippen LogP contribution in [0.5, 0.6) is 0 Å². The molecule has 2 atom stereocenters. The molecule has 0 radical (unpaired) electrons. The molecule has 17 heavy (non-hydrogen) atoms. The SMILES string of the molecule is CS(=O)(=O)C1CCCC1(O)CCCC(F)(F)F. The fraction of sp³-hybridized carbons (Fsp3) is 1.00. The summed E-state index contributed by atoms with van der Waals surface area (Å²) in [6.45, 7) is 0. The van der Waals surface area contributed by atoms with Crippen LogP contribution in [0.15, 0.2) is 0 Å². The van der Waals surface area contributed by atoms with E-state index in [4.69, 9.17) is 0 Å². The Labute approximate surface area is 98.9 Å². The van der Waals surface area contributed by atoms with E-state index < -0.39 is 33.3 Å². The van der Waals surface area contributed by atoms with E-state index in [0.717, 1.165) is 6.26 Å². The molecule has 0 bridgehead atoms. The van der Waals surface area contributed by atoms with Crippen LogP contribution in [-0.4, -0.2) is 36.8 Å². The molecule has 0 heterocycles. The third-order valence-electron chi connectivity index (χ3n) is 3.26. The summed E-state index contributed by atoms with van der Waals surface area (Å²) in [6.07, 6.45) is -3.40. The van der Waals surface area contributed by atoms with Gasteiger partial charge in [-0.1, -0.05) is 0 Å². The first-order valence-corrected chi connectivity index (χ1v) is 7.48. The average Bonchev–Trinajstić information content (AvgIpc) is 2.43. The van der Waals surface area contributed by atoms with Gasteiger partial charge in [0.15, 0.2) is 9.84 Å². The highest BCUT2D eigenvalue weighted by molar-refractivity contribution is 7.91. The van der Waals surface area contributed by atoms with E-state index in [9.17, 15) is 26.7 Å². The maximum atomic E-state index is 12.0. The Kier molecular flexibility index (Phi) is 4.13. The van der Waals surface area contributed by atoms with E-state index in [2.05, 4.69) is 0 Å². The summed E-state index contributed by atoms with van der Waals surface area (Å²) >= 11 is 0. The van der Waals surface area contributed by atoms with E-state index >= 15 is 0 Å². The number of hydrogen-bond donors (Lipinski definition) is 1. The fourth-order valence-corrected chi connectivity index (χ4v) is 4.14. The Morgan fingerprint density at radius 3 is 2.47 bits per heavy atom. The predicted octanol–water partition coefficient (Wildman–Crippen LogP) is 2.05. The number of alkyl halides is 3. The molecule has 3 nitrogen and oxygen atoms in total. The lowest BCUT2D eigenvalue weighted by Crippen LogP contribution is -2.42. The molecule has 0 aromatic rings. The highest BCUT2D eigenvalue weighted by Crippen LogP contribution is 2.39. The van der Waals surface area contributed by atoms with Crippen LogP contribution in [0.4, 0.5) is 13.2 Å². The monoisotopic (exact) mass is 274 g/mol. The van der Waals surface area contributed by atoms with Gasteiger partial charge in [-0.3, -0.25) is 0 Å². The zero-order chi connectivity index (χ0) is 13.3.